The first kappa shape index (κ1) is 17.5. The molecule has 0 saturated carbocycles. The van der Waals surface area contributed by atoms with Crippen molar-refractivity contribution in [3.63, 3.8) is 0 Å². The number of rotatable bonds is 7. The number of nitrogens with zero attached hydrogens (tertiary/aromatic N) is 2. The molecule has 2 aromatic rings. The molecule has 0 unspecified atom stereocenters. The summed E-state index contributed by atoms with van der Waals surface area (Å²) in [6.45, 7) is 2.45. The van der Waals surface area contributed by atoms with Crippen LogP contribution in [0.5, 0.6) is 0 Å². The second-order valence-electron chi connectivity index (χ2n) is 6.24. The maximum Gasteiger partial charge on any atom is 0.226 e. The van der Waals surface area contributed by atoms with Crippen molar-refractivity contribution in [1.29, 1.82) is 0 Å². The van der Waals surface area contributed by atoms with E-state index in [1.54, 1.807) is 19.1 Å². The number of aromatic nitrogens is 2. The molecule has 0 aliphatic carbocycles. The zero-order chi connectivity index (χ0) is 17.6. The van der Waals surface area contributed by atoms with Crippen LogP contribution < -0.4 is 5.32 Å². The van der Waals surface area contributed by atoms with Crippen LogP contribution in [0.4, 0.5) is 4.39 Å². The van der Waals surface area contributed by atoms with E-state index < -0.39 is 0 Å². The number of benzene rings is 1. The van der Waals surface area contributed by atoms with E-state index in [4.69, 9.17) is 9.26 Å². The van der Waals surface area contributed by atoms with Gasteiger partial charge in [-0.2, -0.15) is 4.98 Å². The Balaban J connectivity index is 1.57. The van der Waals surface area contributed by atoms with Gasteiger partial charge in [0.05, 0.1) is 12.1 Å². The predicted octanol–water partition coefficient (Wildman–Crippen LogP) is 2.88. The molecular weight excluding hydrogens is 325 g/mol. The fourth-order valence-electron chi connectivity index (χ4n) is 3.01. The Labute approximate surface area is 145 Å². The maximum absolute atomic E-state index is 13.2. The number of hydrogen-bond donors (Lipinski definition) is 1. The largest absolute Gasteiger partial charge is 0.376 e. The van der Waals surface area contributed by atoms with Gasteiger partial charge >= 0.3 is 0 Å². The van der Waals surface area contributed by atoms with Crippen LogP contribution >= 0.6 is 0 Å². The summed E-state index contributed by atoms with van der Waals surface area (Å²) in [6, 6.07) is 5.94. The zero-order valence-electron chi connectivity index (χ0n) is 14.2. The van der Waals surface area contributed by atoms with Gasteiger partial charge in [0.15, 0.2) is 5.82 Å². The summed E-state index contributed by atoms with van der Waals surface area (Å²) in [7, 11) is 0. The van der Waals surface area contributed by atoms with E-state index in [-0.39, 0.29) is 23.9 Å². The first-order valence-electron chi connectivity index (χ1n) is 8.57. The third kappa shape index (κ3) is 4.85. The Hall–Kier alpha value is -2.28. The lowest BCUT2D eigenvalue weighted by Crippen LogP contribution is -2.36. The molecule has 0 spiro atoms. The SMILES string of the molecule is Cc1noc(CCCC(=O)N[C@@H](c2ccc(F)cc2)[C@H]2CCCO2)n1. The van der Waals surface area contributed by atoms with Gasteiger partial charge in [0, 0.05) is 19.4 Å². The van der Waals surface area contributed by atoms with Crippen LogP contribution in [-0.4, -0.2) is 28.8 Å². The molecule has 2 heterocycles. The van der Waals surface area contributed by atoms with Gasteiger partial charge in [-0.1, -0.05) is 17.3 Å². The minimum absolute atomic E-state index is 0.0685. The summed E-state index contributed by atoms with van der Waals surface area (Å²) < 4.78 is 24.0. The number of aryl methyl sites for hydroxylation is 2. The molecule has 7 heteroatoms. The highest BCUT2D eigenvalue weighted by Gasteiger charge is 2.28. The van der Waals surface area contributed by atoms with E-state index in [2.05, 4.69) is 15.5 Å². The van der Waals surface area contributed by atoms with Gasteiger partial charge in [-0.15, -0.1) is 0 Å². The molecule has 0 bridgehead atoms. The van der Waals surface area contributed by atoms with Crippen LogP contribution in [0.15, 0.2) is 28.8 Å². The summed E-state index contributed by atoms with van der Waals surface area (Å²) in [5.41, 5.74) is 0.856. The second-order valence-corrected chi connectivity index (χ2v) is 6.24. The number of carbonyl (C=O) groups excluding carboxylic acids is 1. The number of amides is 1. The molecule has 1 saturated heterocycles. The minimum Gasteiger partial charge on any atom is -0.376 e. The number of hydrogen-bond acceptors (Lipinski definition) is 5. The Kier molecular flexibility index (Phi) is 5.75. The lowest BCUT2D eigenvalue weighted by Gasteiger charge is -2.24. The Morgan fingerprint density at radius 3 is 2.84 bits per heavy atom. The number of carbonyl (C=O) groups is 1. The molecule has 6 nitrogen and oxygen atoms in total. The van der Waals surface area contributed by atoms with Crippen LogP contribution in [-0.2, 0) is 16.0 Å². The van der Waals surface area contributed by atoms with E-state index in [0.717, 1.165) is 18.4 Å². The highest BCUT2D eigenvalue weighted by Crippen LogP contribution is 2.27. The highest BCUT2D eigenvalue weighted by molar-refractivity contribution is 5.76. The van der Waals surface area contributed by atoms with Gasteiger partial charge < -0.3 is 14.6 Å². The van der Waals surface area contributed by atoms with Crippen LogP contribution in [0.1, 0.15) is 49.0 Å². The van der Waals surface area contributed by atoms with Gasteiger partial charge in [0.1, 0.15) is 5.82 Å². The molecule has 1 amide bonds. The van der Waals surface area contributed by atoms with Crippen molar-refractivity contribution in [2.45, 2.75) is 51.2 Å². The zero-order valence-corrected chi connectivity index (χ0v) is 14.2. The lowest BCUT2D eigenvalue weighted by molar-refractivity contribution is -0.122. The molecule has 1 N–H and O–H groups in total. The Morgan fingerprint density at radius 2 is 2.20 bits per heavy atom. The van der Waals surface area contributed by atoms with Crippen molar-refractivity contribution in [3.8, 4) is 0 Å². The van der Waals surface area contributed by atoms with Gasteiger partial charge in [0.2, 0.25) is 11.8 Å². The van der Waals surface area contributed by atoms with Gasteiger partial charge in [-0.25, -0.2) is 4.39 Å². The predicted molar refractivity (Wildman–Crippen MR) is 88.2 cm³/mol. The summed E-state index contributed by atoms with van der Waals surface area (Å²) in [6.07, 6.45) is 3.31. The quantitative estimate of drug-likeness (QED) is 0.833. The van der Waals surface area contributed by atoms with E-state index in [1.165, 1.54) is 12.1 Å². The fraction of sp³-hybridized carbons (Fsp3) is 0.500. The third-order valence-electron chi connectivity index (χ3n) is 4.25. The average Bonchev–Trinajstić information content (AvgIpc) is 3.25. The first-order valence-corrected chi connectivity index (χ1v) is 8.57. The van der Waals surface area contributed by atoms with Crippen LogP contribution in [0.2, 0.25) is 0 Å². The molecule has 25 heavy (non-hydrogen) atoms. The standard InChI is InChI=1S/C18H22FN3O3/c1-12-20-17(25-22-12)6-2-5-16(23)21-18(15-4-3-11-24-15)13-7-9-14(19)10-8-13/h7-10,15,18H,2-6,11H2,1H3,(H,21,23)/t15-,18+/m1/s1. The highest BCUT2D eigenvalue weighted by atomic mass is 19.1. The fourth-order valence-corrected chi connectivity index (χ4v) is 3.01. The van der Waals surface area contributed by atoms with Crippen LogP contribution in [0.3, 0.4) is 0 Å². The molecule has 3 rings (SSSR count). The van der Waals surface area contributed by atoms with Crippen molar-refractivity contribution in [3.05, 3.63) is 47.4 Å². The third-order valence-corrected chi connectivity index (χ3v) is 4.25. The van der Waals surface area contributed by atoms with Crippen molar-refractivity contribution in [2.75, 3.05) is 6.61 Å². The van der Waals surface area contributed by atoms with Crippen molar-refractivity contribution >= 4 is 5.91 Å². The number of nitrogens with one attached hydrogen (secondary N) is 1. The summed E-state index contributed by atoms with van der Waals surface area (Å²) >= 11 is 0. The summed E-state index contributed by atoms with van der Waals surface area (Å²) in [4.78, 5) is 16.5. The molecule has 1 aliphatic heterocycles. The number of halogens is 1. The van der Waals surface area contributed by atoms with E-state index in [0.29, 0.717) is 37.6 Å². The van der Waals surface area contributed by atoms with Gasteiger partial charge in [0.25, 0.3) is 0 Å². The maximum atomic E-state index is 13.2. The first-order chi connectivity index (χ1) is 12.1. The Bertz CT molecular complexity index is 696. The molecule has 2 atom stereocenters. The minimum atomic E-state index is -0.295. The number of ether oxygens (including phenoxy) is 1. The summed E-state index contributed by atoms with van der Waals surface area (Å²) in [5.74, 6) is 0.769. The van der Waals surface area contributed by atoms with Gasteiger partial charge in [-0.05, 0) is 43.9 Å². The molecule has 1 aliphatic rings. The van der Waals surface area contributed by atoms with E-state index in [9.17, 15) is 9.18 Å². The Morgan fingerprint density at radius 1 is 1.40 bits per heavy atom. The van der Waals surface area contributed by atoms with E-state index >= 15 is 0 Å². The van der Waals surface area contributed by atoms with Crippen LogP contribution in [0, 0.1) is 12.7 Å². The molecule has 1 aromatic carbocycles. The van der Waals surface area contributed by atoms with E-state index in [1.807, 2.05) is 0 Å². The lowest BCUT2D eigenvalue weighted by atomic mass is 9.99. The normalized spacial score (nSPS) is 18.2. The molecular formula is C18H22FN3O3. The smallest absolute Gasteiger partial charge is 0.226 e. The van der Waals surface area contributed by atoms with Crippen molar-refractivity contribution in [1.82, 2.24) is 15.5 Å². The molecule has 1 aromatic heterocycles. The van der Waals surface area contributed by atoms with Crippen LogP contribution in [0.25, 0.3) is 0 Å². The molecule has 1 fully saturated rings. The second kappa shape index (κ2) is 8.20. The molecule has 0 radical (unpaired) electrons. The monoisotopic (exact) mass is 347 g/mol. The van der Waals surface area contributed by atoms with Crippen molar-refractivity contribution < 1.29 is 18.4 Å². The average molecular weight is 347 g/mol. The van der Waals surface area contributed by atoms with Gasteiger partial charge in [-0.3, -0.25) is 4.79 Å². The summed E-state index contributed by atoms with van der Waals surface area (Å²) in [5, 5.41) is 6.76. The van der Waals surface area contributed by atoms with Crippen molar-refractivity contribution in [2.24, 2.45) is 0 Å². The topological polar surface area (TPSA) is 77.2 Å². The molecule has 134 valence electrons.